The zero-order chi connectivity index (χ0) is 24.0. The summed E-state index contributed by atoms with van der Waals surface area (Å²) in [5, 5.41) is 15.5. The van der Waals surface area contributed by atoms with E-state index in [9.17, 15) is 9.90 Å². The van der Waals surface area contributed by atoms with Crippen LogP contribution in [0.3, 0.4) is 0 Å². The van der Waals surface area contributed by atoms with Crippen LogP contribution in [0.2, 0.25) is 0 Å². The summed E-state index contributed by atoms with van der Waals surface area (Å²) < 4.78 is 0. The van der Waals surface area contributed by atoms with E-state index < -0.39 is 21.9 Å². The van der Waals surface area contributed by atoms with Gasteiger partial charge >= 0.3 is 6.09 Å². The van der Waals surface area contributed by atoms with Gasteiger partial charge < -0.3 is 10.0 Å². The van der Waals surface area contributed by atoms with Crippen LogP contribution in [0.5, 0.6) is 0 Å². The molecule has 1 amide bonds. The number of nitrogens with zero attached hydrogens (tertiary/aromatic N) is 1. The second-order valence-electron chi connectivity index (χ2n) is 8.80. The van der Waals surface area contributed by atoms with Crippen LogP contribution >= 0.6 is 15.8 Å². The summed E-state index contributed by atoms with van der Waals surface area (Å²) in [6, 6.07) is 42.5. The van der Waals surface area contributed by atoms with Crippen LogP contribution in [0.4, 0.5) is 4.79 Å². The Morgan fingerprint density at radius 1 is 0.686 bits per heavy atom. The van der Waals surface area contributed by atoms with Gasteiger partial charge in [-0.05, 0) is 49.6 Å². The molecule has 35 heavy (non-hydrogen) atoms. The molecule has 1 fully saturated rings. The molecular weight excluding hydrogens is 468 g/mol. The van der Waals surface area contributed by atoms with E-state index in [1.54, 1.807) is 4.90 Å². The normalized spacial score (nSPS) is 17.7. The number of carbonyl (C=O) groups is 1. The molecule has 0 radical (unpaired) electrons. The minimum absolute atomic E-state index is 0.00134. The molecule has 1 aliphatic rings. The maximum absolute atomic E-state index is 12.4. The van der Waals surface area contributed by atoms with E-state index in [-0.39, 0.29) is 6.04 Å². The van der Waals surface area contributed by atoms with Crippen molar-refractivity contribution in [2.45, 2.75) is 18.1 Å². The molecule has 0 saturated carbocycles. The number of rotatable bonds is 7. The predicted molar refractivity (Wildman–Crippen MR) is 150 cm³/mol. The quantitative estimate of drug-likeness (QED) is 0.349. The van der Waals surface area contributed by atoms with Crippen LogP contribution in [0.15, 0.2) is 121 Å². The Hall–Kier alpha value is -2.99. The lowest BCUT2D eigenvalue weighted by Crippen LogP contribution is -2.38. The molecule has 5 rings (SSSR count). The molecule has 0 aromatic heterocycles. The molecule has 5 heteroatoms. The van der Waals surface area contributed by atoms with Crippen LogP contribution < -0.4 is 21.2 Å². The predicted octanol–water partition coefficient (Wildman–Crippen LogP) is 5.37. The Bertz CT molecular complexity index is 1140. The molecule has 2 atom stereocenters. The van der Waals surface area contributed by atoms with Gasteiger partial charge in [0.25, 0.3) is 0 Å². The van der Waals surface area contributed by atoms with Gasteiger partial charge in [0.2, 0.25) is 0 Å². The van der Waals surface area contributed by atoms with Gasteiger partial charge in [-0.3, -0.25) is 0 Å². The van der Waals surface area contributed by atoms with E-state index in [0.717, 1.165) is 12.6 Å². The Labute approximate surface area is 210 Å². The fourth-order valence-electron chi connectivity index (χ4n) is 5.02. The molecule has 0 bridgehead atoms. The molecule has 3 nitrogen and oxygen atoms in total. The number of hydrogen-bond donors (Lipinski definition) is 1. The average Bonchev–Trinajstić information content (AvgIpc) is 3.33. The number of likely N-dealkylation sites (tertiary alicyclic amines) is 1. The molecule has 4 aromatic rings. The summed E-state index contributed by atoms with van der Waals surface area (Å²) in [4.78, 5) is 14.2. The zero-order valence-electron chi connectivity index (χ0n) is 19.5. The summed E-state index contributed by atoms with van der Waals surface area (Å²) in [6.45, 7) is 0.586. The highest BCUT2D eigenvalue weighted by Gasteiger charge is 2.41. The Morgan fingerprint density at radius 2 is 1.09 bits per heavy atom. The first-order valence-corrected chi connectivity index (χ1v) is 14.9. The van der Waals surface area contributed by atoms with E-state index in [1.165, 1.54) is 21.2 Å². The number of hydrogen-bond acceptors (Lipinski definition) is 1. The molecule has 1 saturated heterocycles. The molecule has 0 spiro atoms. The van der Waals surface area contributed by atoms with Crippen molar-refractivity contribution in [3.05, 3.63) is 121 Å². The van der Waals surface area contributed by atoms with Gasteiger partial charge in [-0.1, -0.05) is 121 Å². The lowest BCUT2D eigenvalue weighted by Gasteiger charge is -2.27. The highest BCUT2D eigenvalue weighted by atomic mass is 31.1. The van der Waals surface area contributed by atoms with E-state index >= 15 is 0 Å². The highest BCUT2D eigenvalue weighted by molar-refractivity contribution is 7.74. The van der Waals surface area contributed by atoms with Crippen molar-refractivity contribution in [1.29, 1.82) is 0 Å². The zero-order valence-corrected chi connectivity index (χ0v) is 21.3. The molecule has 4 aromatic carbocycles. The minimum Gasteiger partial charge on any atom is -0.465 e. The van der Waals surface area contributed by atoms with Crippen molar-refractivity contribution in [2.75, 3.05) is 12.7 Å². The fourth-order valence-corrected chi connectivity index (χ4v) is 10.5. The molecule has 1 heterocycles. The first-order valence-electron chi connectivity index (χ1n) is 12.0. The highest BCUT2D eigenvalue weighted by Crippen LogP contribution is 2.47. The standard InChI is InChI=1S/C30H29NO2P2/c32-30(33)31-22-29(35(27-17-9-3-10-18-27)28-19-11-4-12-20-28)21-24(31)23-34(25-13-5-1-6-14-25)26-15-7-2-8-16-26/h1-20,24,29H,21-23H2,(H,32,33)/t24-,29-/m0/s1. The summed E-state index contributed by atoms with van der Waals surface area (Å²) in [5.74, 6) is 0. The molecular formula is C30H29NO2P2. The lowest BCUT2D eigenvalue weighted by atomic mass is 10.2. The van der Waals surface area contributed by atoms with E-state index in [2.05, 4.69) is 109 Å². The maximum atomic E-state index is 12.4. The maximum Gasteiger partial charge on any atom is 0.407 e. The van der Waals surface area contributed by atoms with Gasteiger partial charge in [0.05, 0.1) is 0 Å². The third kappa shape index (κ3) is 5.48. The fraction of sp³-hybridized carbons (Fsp3) is 0.167. The van der Waals surface area contributed by atoms with Crippen LogP contribution in [-0.2, 0) is 0 Å². The third-order valence-electron chi connectivity index (χ3n) is 6.60. The number of carboxylic acid groups (broad SMARTS) is 1. The SMILES string of the molecule is O=C(O)N1C[C@@H](P(c2ccccc2)c2ccccc2)C[C@H]1CP(c1ccccc1)c1ccccc1. The van der Waals surface area contributed by atoms with E-state index in [4.69, 9.17) is 0 Å². The van der Waals surface area contributed by atoms with Gasteiger partial charge in [0.1, 0.15) is 0 Å². The summed E-state index contributed by atoms with van der Waals surface area (Å²) in [6.07, 6.45) is 0.934. The van der Waals surface area contributed by atoms with Crippen molar-refractivity contribution in [2.24, 2.45) is 0 Å². The second kappa shape index (κ2) is 11.2. The topological polar surface area (TPSA) is 40.5 Å². The molecule has 0 aliphatic carbocycles. The smallest absolute Gasteiger partial charge is 0.407 e. The monoisotopic (exact) mass is 497 g/mol. The summed E-state index contributed by atoms with van der Waals surface area (Å²) >= 11 is 0. The molecule has 1 aliphatic heterocycles. The number of amides is 1. The van der Waals surface area contributed by atoms with Gasteiger partial charge in [-0.15, -0.1) is 0 Å². The summed E-state index contributed by atoms with van der Waals surface area (Å²) in [5.41, 5.74) is 0.291. The van der Waals surface area contributed by atoms with Crippen molar-refractivity contribution in [1.82, 2.24) is 4.90 Å². The van der Waals surface area contributed by atoms with Crippen molar-refractivity contribution in [3.8, 4) is 0 Å². The minimum atomic E-state index is -0.801. The van der Waals surface area contributed by atoms with Gasteiger partial charge in [-0.2, -0.15) is 0 Å². The van der Waals surface area contributed by atoms with E-state index in [1.807, 2.05) is 12.1 Å². The Balaban J connectivity index is 1.48. The first-order chi connectivity index (χ1) is 17.2. The Kier molecular flexibility index (Phi) is 7.57. The van der Waals surface area contributed by atoms with Crippen molar-refractivity contribution in [3.63, 3.8) is 0 Å². The number of benzene rings is 4. The largest absolute Gasteiger partial charge is 0.465 e. The van der Waals surface area contributed by atoms with Crippen LogP contribution in [0.25, 0.3) is 0 Å². The first kappa shape index (κ1) is 23.7. The van der Waals surface area contributed by atoms with E-state index in [0.29, 0.717) is 12.2 Å². The molecule has 176 valence electrons. The summed E-state index contributed by atoms with van der Waals surface area (Å²) in [7, 11) is -1.32. The van der Waals surface area contributed by atoms with Crippen LogP contribution in [0, 0.1) is 0 Å². The van der Waals surface area contributed by atoms with Crippen molar-refractivity contribution < 1.29 is 9.90 Å². The van der Waals surface area contributed by atoms with Crippen LogP contribution in [-0.4, -0.2) is 40.5 Å². The molecule has 1 N–H and O–H groups in total. The van der Waals surface area contributed by atoms with Gasteiger partial charge in [-0.25, -0.2) is 4.79 Å². The van der Waals surface area contributed by atoms with Crippen molar-refractivity contribution >= 4 is 43.2 Å². The van der Waals surface area contributed by atoms with Gasteiger partial charge in [0, 0.05) is 18.2 Å². The second-order valence-corrected chi connectivity index (χ2v) is 13.6. The average molecular weight is 498 g/mol. The lowest BCUT2D eigenvalue weighted by molar-refractivity contribution is 0.144. The molecule has 0 unspecified atom stereocenters. The van der Waals surface area contributed by atoms with Crippen LogP contribution in [0.1, 0.15) is 6.42 Å². The third-order valence-corrected chi connectivity index (χ3v) is 12.0. The Morgan fingerprint density at radius 3 is 1.49 bits per heavy atom. The van der Waals surface area contributed by atoms with Gasteiger partial charge in [0.15, 0.2) is 0 Å².